The summed E-state index contributed by atoms with van der Waals surface area (Å²) in [5.74, 6) is 0.669. The zero-order chi connectivity index (χ0) is 13.5. The fourth-order valence-corrected chi connectivity index (χ4v) is 3.10. The number of nitrogens with zero attached hydrogens (tertiary/aromatic N) is 2. The van der Waals surface area contributed by atoms with Crippen molar-refractivity contribution in [3.8, 4) is 0 Å². The van der Waals surface area contributed by atoms with Gasteiger partial charge in [0, 0.05) is 24.5 Å². The minimum Gasteiger partial charge on any atom is -0.345 e. The first kappa shape index (κ1) is 15.4. The van der Waals surface area contributed by atoms with Crippen molar-refractivity contribution in [1.82, 2.24) is 10.3 Å². The predicted octanol–water partition coefficient (Wildman–Crippen LogP) is 3.51. The molecule has 1 aromatic rings. The second-order valence-electron chi connectivity index (χ2n) is 5.17. The standard InChI is InChI=1S/C14H27N3S/c1-6-13(7-2)17(9-11(3)4)14-16-12(8-15-5)10-18-14/h10-11,13,15H,6-9H2,1-5H3. The number of hydrogen-bond donors (Lipinski definition) is 1. The van der Waals surface area contributed by atoms with Crippen molar-refractivity contribution < 1.29 is 0 Å². The van der Waals surface area contributed by atoms with Crippen molar-refractivity contribution in [1.29, 1.82) is 0 Å². The third-order valence-corrected chi connectivity index (χ3v) is 4.01. The third kappa shape index (κ3) is 4.25. The Labute approximate surface area is 116 Å². The lowest BCUT2D eigenvalue weighted by atomic mass is 10.1. The van der Waals surface area contributed by atoms with Gasteiger partial charge in [-0.1, -0.05) is 27.7 Å². The molecule has 0 aliphatic heterocycles. The Morgan fingerprint density at radius 3 is 2.50 bits per heavy atom. The van der Waals surface area contributed by atoms with E-state index in [0.29, 0.717) is 12.0 Å². The molecule has 0 aliphatic rings. The van der Waals surface area contributed by atoms with Gasteiger partial charge in [0.05, 0.1) is 5.69 Å². The van der Waals surface area contributed by atoms with Gasteiger partial charge in [0.25, 0.3) is 0 Å². The number of anilines is 1. The molecule has 4 heteroatoms. The lowest BCUT2D eigenvalue weighted by molar-refractivity contribution is 0.506. The van der Waals surface area contributed by atoms with Crippen LogP contribution in [0.5, 0.6) is 0 Å². The van der Waals surface area contributed by atoms with Crippen LogP contribution in [0.1, 0.15) is 46.2 Å². The van der Waals surface area contributed by atoms with E-state index in [-0.39, 0.29) is 0 Å². The third-order valence-electron chi connectivity index (χ3n) is 3.09. The van der Waals surface area contributed by atoms with E-state index in [1.807, 2.05) is 7.05 Å². The lowest BCUT2D eigenvalue weighted by Gasteiger charge is -2.31. The van der Waals surface area contributed by atoms with Gasteiger partial charge >= 0.3 is 0 Å². The zero-order valence-electron chi connectivity index (χ0n) is 12.4. The summed E-state index contributed by atoms with van der Waals surface area (Å²) in [4.78, 5) is 7.25. The highest BCUT2D eigenvalue weighted by Gasteiger charge is 2.19. The second kappa shape index (κ2) is 7.74. The van der Waals surface area contributed by atoms with Crippen LogP contribution in [0.4, 0.5) is 5.13 Å². The molecular weight excluding hydrogens is 242 g/mol. The molecule has 0 aromatic carbocycles. The van der Waals surface area contributed by atoms with Crippen molar-refractivity contribution in [2.24, 2.45) is 5.92 Å². The molecule has 0 bridgehead atoms. The summed E-state index contributed by atoms with van der Waals surface area (Å²) in [5.41, 5.74) is 1.15. The number of rotatable bonds is 8. The first-order valence-electron chi connectivity index (χ1n) is 6.97. The topological polar surface area (TPSA) is 28.2 Å². The molecule has 0 atom stereocenters. The van der Waals surface area contributed by atoms with E-state index in [1.165, 1.54) is 18.0 Å². The maximum atomic E-state index is 4.75. The Balaban J connectivity index is 2.85. The maximum absolute atomic E-state index is 4.75. The van der Waals surface area contributed by atoms with Gasteiger partial charge in [0.1, 0.15) is 0 Å². The molecule has 1 N–H and O–H groups in total. The van der Waals surface area contributed by atoms with Crippen molar-refractivity contribution in [2.45, 2.75) is 53.1 Å². The van der Waals surface area contributed by atoms with Crippen molar-refractivity contribution in [3.63, 3.8) is 0 Å². The highest BCUT2D eigenvalue weighted by molar-refractivity contribution is 7.13. The smallest absolute Gasteiger partial charge is 0.185 e. The molecule has 0 amide bonds. The molecule has 0 aliphatic carbocycles. The van der Waals surface area contributed by atoms with Gasteiger partial charge in [0.2, 0.25) is 0 Å². The number of hydrogen-bond acceptors (Lipinski definition) is 4. The minimum atomic E-state index is 0.612. The van der Waals surface area contributed by atoms with Crippen molar-refractivity contribution in [2.75, 3.05) is 18.5 Å². The van der Waals surface area contributed by atoms with E-state index in [1.54, 1.807) is 11.3 Å². The summed E-state index contributed by atoms with van der Waals surface area (Å²) in [6.45, 7) is 11.0. The first-order chi connectivity index (χ1) is 8.62. The fraction of sp³-hybridized carbons (Fsp3) is 0.786. The largest absolute Gasteiger partial charge is 0.345 e. The van der Waals surface area contributed by atoms with Gasteiger partial charge in [-0.3, -0.25) is 0 Å². The Kier molecular flexibility index (Phi) is 6.65. The van der Waals surface area contributed by atoms with E-state index in [9.17, 15) is 0 Å². The highest BCUT2D eigenvalue weighted by atomic mass is 32.1. The normalized spacial score (nSPS) is 11.5. The summed E-state index contributed by atoms with van der Waals surface area (Å²) in [5, 5.41) is 6.51. The molecule has 1 rings (SSSR count). The molecule has 1 heterocycles. The summed E-state index contributed by atoms with van der Waals surface area (Å²) in [6, 6.07) is 0.612. The van der Waals surface area contributed by atoms with E-state index in [2.05, 4.69) is 43.3 Å². The molecule has 18 heavy (non-hydrogen) atoms. The Morgan fingerprint density at radius 2 is 2.00 bits per heavy atom. The molecule has 0 saturated heterocycles. The van der Waals surface area contributed by atoms with Crippen LogP contribution in [-0.4, -0.2) is 24.6 Å². The average molecular weight is 269 g/mol. The van der Waals surface area contributed by atoms with Crippen LogP contribution < -0.4 is 10.2 Å². The second-order valence-corrected chi connectivity index (χ2v) is 6.00. The van der Waals surface area contributed by atoms with Crippen LogP contribution in [0, 0.1) is 5.92 Å². The molecule has 0 unspecified atom stereocenters. The van der Waals surface area contributed by atoms with Gasteiger partial charge in [0.15, 0.2) is 5.13 Å². The molecule has 0 fully saturated rings. The molecule has 104 valence electrons. The molecule has 0 saturated carbocycles. The first-order valence-corrected chi connectivity index (χ1v) is 7.85. The molecule has 3 nitrogen and oxygen atoms in total. The minimum absolute atomic E-state index is 0.612. The Morgan fingerprint density at radius 1 is 1.33 bits per heavy atom. The van der Waals surface area contributed by atoms with Gasteiger partial charge in [-0.25, -0.2) is 4.98 Å². The lowest BCUT2D eigenvalue weighted by Crippen LogP contribution is -2.37. The average Bonchev–Trinajstić information content (AvgIpc) is 2.78. The molecular formula is C14H27N3S. The van der Waals surface area contributed by atoms with E-state index in [4.69, 9.17) is 4.98 Å². The number of aromatic nitrogens is 1. The maximum Gasteiger partial charge on any atom is 0.185 e. The summed E-state index contributed by atoms with van der Waals surface area (Å²) in [7, 11) is 1.96. The number of nitrogens with one attached hydrogen (secondary N) is 1. The zero-order valence-corrected chi connectivity index (χ0v) is 13.2. The highest BCUT2D eigenvalue weighted by Crippen LogP contribution is 2.26. The predicted molar refractivity (Wildman–Crippen MR) is 81.4 cm³/mol. The monoisotopic (exact) mass is 269 g/mol. The van der Waals surface area contributed by atoms with E-state index in [0.717, 1.165) is 18.8 Å². The van der Waals surface area contributed by atoms with Crippen molar-refractivity contribution in [3.05, 3.63) is 11.1 Å². The van der Waals surface area contributed by atoms with Crippen LogP contribution in [0.25, 0.3) is 0 Å². The summed E-state index contributed by atoms with van der Waals surface area (Å²) < 4.78 is 0. The van der Waals surface area contributed by atoms with Gasteiger partial charge < -0.3 is 10.2 Å². The van der Waals surface area contributed by atoms with Crippen LogP contribution >= 0.6 is 11.3 Å². The SMILES string of the molecule is CCC(CC)N(CC(C)C)c1nc(CNC)cs1. The van der Waals surface area contributed by atoms with Crippen molar-refractivity contribution >= 4 is 16.5 Å². The van der Waals surface area contributed by atoms with Gasteiger partial charge in [-0.05, 0) is 25.8 Å². The summed E-state index contributed by atoms with van der Waals surface area (Å²) in [6.07, 6.45) is 2.37. The molecule has 1 aromatic heterocycles. The summed E-state index contributed by atoms with van der Waals surface area (Å²) >= 11 is 1.77. The molecule has 0 radical (unpaired) electrons. The van der Waals surface area contributed by atoms with E-state index < -0.39 is 0 Å². The van der Waals surface area contributed by atoms with Gasteiger partial charge in [-0.2, -0.15) is 0 Å². The Hall–Kier alpha value is -0.610. The fourth-order valence-electron chi connectivity index (χ4n) is 2.20. The quantitative estimate of drug-likeness (QED) is 0.783. The van der Waals surface area contributed by atoms with Crippen LogP contribution in [-0.2, 0) is 6.54 Å². The van der Waals surface area contributed by atoms with Crippen LogP contribution in [0.15, 0.2) is 5.38 Å². The molecule has 0 spiro atoms. The van der Waals surface area contributed by atoms with E-state index >= 15 is 0 Å². The van der Waals surface area contributed by atoms with Gasteiger partial charge in [-0.15, -0.1) is 11.3 Å². The van der Waals surface area contributed by atoms with Crippen LogP contribution in [0.2, 0.25) is 0 Å². The van der Waals surface area contributed by atoms with Crippen LogP contribution in [0.3, 0.4) is 0 Å². The number of thiazole rings is 1. The Bertz CT molecular complexity index is 332.